The molecule has 0 radical (unpaired) electrons. The summed E-state index contributed by atoms with van der Waals surface area (Å²) in [6.07, 6.45) is 1.81. The number of hydrogen-bond donors (Lipinski definition) is 0. The summed E-state index contributed by atoms with van der Waals surface area (Å²) in [6, 6.07) is 0. The fourth-order valence-electron chi connectivity index (χ4n) is 0.913. The monoisotopic (exact) mass is 141 g/mol. The van der Waals surface area contributed by atoms with Gasteiger partial charge in [-0.15, -0.1) is 11.8 Å². The largest absolute Gasteiger partial charge is 0.494 e. The summed E-state index contributed by atoms with van der Waals surface area (Å²) >= 11 is 1.84. The van der Waals surface area contributed by atoms with E-state index < -0.39 is 0 Å². The molecule has 2 aliphatic heterocycles. The molecule has 0 aromatic rings. The molecule has 0 aromatic heterocycles. The highest BCUT2D eigenvalue weighted by molar-refractivity contribution is 8.04. The van der Waals surface area contributed by atoms with Gasteiger partial charge in [-0.1, -0.05) is 0 Å². The lowest BCUT2D eigenvalue weighted by Gasteiger charge is -2.06. The van der Waals surface area contributed by atoms with Gasteiger partial charge in [0.25, 0.3) is 0 Å². The van der Waals surface area contributed by atoms with E-state index in [1.165, 1.54) is 4.91 Å². The van der Waals surface area contributed by atoms with Crippen LogP contribution >= 0.6 is 11.8 Å². The quantitative estimate of drug-likeness (QED) is 0.503. The maximum absolute atomic E-state index is 5.08. The summed E-state index contributed by atoms with van der Waals surface area (Å²) in [5, 5.41) is 0. The third kappa shape index (κ3) is 0.852. The van der Waals surface area contributed by atoms with E-state index in [0.29, 0.717) is 6.61 Å². The zero-order valence-electron chi connectivity index (χ0n) is 4.96. The number of aliphatic imine (C=N–C) groups is 1. The van der Waals surface area contributed by atoms with Gasteiger partial charge in [0.2, 0.25) is 0 Å². The average molecular weight is 141 g/mol. The van der Waals surface area contributed by atoms with E-state index in [1.54, 1.807) is 0 Å². The number of nitrogens with zero attached hydrogens (tertiary/aromatic N) is 1. The molecule has 2 heterocycles. The smallest absolute Gasteiger partial charge is 0.130 e. The average Bonchev–Trinajstić information content (AvgIpc) is 2.33. The van der Waals surface area contributed by atoms with Crippen molar-refractivity contribution in [2.24, 2.45) is 4.99 Å². The predicted molar refractivity (Wildman–Crippen MR) is 38.8 cm³/mol. The summed E-state index contributed by atoms with van der Waals surface area (Å²) < 4.78 is 5.08. The van der Waals surface area contributed by atoms with E-state index in [1.807, 2.05) is 18.0 Å². The lowest BCUT2D eigenvalue weighted by atomic mass is 10.4. The van der Waals surface area contributed by atoms with Crippen LogP contribution in [0, 0.1) is 0 Å². The molecule has 0 atom stereocenters. The fraction of sp³-hybridized carbons (Fsp3) is 0.500. The van der Waals surface area contributed by atoms with Gasteiger partial charge >= 0.3 is 0 Å². The topological polar surface area (TPSA) is 21.6 Å². The second-order valence-electron chi connectivity index (χ2n) is 1.97. The number of hydrogen-bond acceptors (Lipinski definition) is 3. The minimum absolute atomic E-state index is 0.697. The molecule has 0 amide bonds. The Labute approximate surface area is 58.0 Å². The van der Waals surface area contributed by atoms with Gasteiger partial charge in [0.15, 0.2) is 0 Å². The first-order valence-corrected chi connectivity index (χ1v) is 3.93. The molecule has 0 saturated carbocycles. The van der Waals surface area contributed by atoms with Crippen LogP contribution in [-0.4, -0.2) is 24.6 Å². The molecule has 9 heavy (non-hydrogen) atoms. The van der Waals surface area contributed by atoms with Crippen molar-refractivity contribution in [1.29, 1.82) is 0 Å². The zero-order valence-corrected chi connectivity index (χ0v) is 5.78. The van der Waals surface area contributed by atoms with E-state index in [4.69, 9.17) is 4.74 Å². The lowest BCUT2D eigenvalue weighted by molar-refractivity contribution is 0.315. The van der Waals surface area contributed by atoms with Crippen LogP contribution in [0.25, 0.3) is 0 Å². The molecule has 0 fully saturated rings. The molecular formula is C6H7NOS. The molecule has 0 aromatic carbocycles. The zero-order chi connectivity index (χ0) is 6.10. The fourth-order valence-corrected chi connectivity index (χ4v) is 1.74. The second kappa shape index (κ2) is 2.06. The van der Waals surface area contributed by atoms with Crippen LogP contribution in [0.5, 0.6) is 0 Å². The number of ether oxygens (including phenoxy) is 1. The van der Waals surface area contributed by atoms with Crippen LogP contribution in [-0.2, 0) is 4.74 Å². The summed E-state index contributed by atoms with van der Waals surface area (Å²) in [5.74, 6) is 1.11. The highest BCUT2D eigenvalue weighted by atomic mass is 32.2. The molecule has 0 bridgehead atoms. The Morgan fingerprint density at radius 2 is 2.67 bits per heavy atom. The van der Waals surface area contributed by atoms with Crippen LogP contribution in [0.3, 0.4) is 0 Å². The number of thioether (sulfide) groups is 1. The maximum Gasteiger partial charge on any atom is 0.130 e. The normalized spacial score (nSPS) is 24.0. The molecule has 48 valence electrons. The van der Waals surface area contributed by atoms with E-state index >= 15 is 0 Å². The molecule has 3 heteroatoms. The third-order valence-electron chi connectivity index (χ3n) is 1.35. The Morgan fingerprint density at radius 1 is 1.67 bits per heavy atom. The van der Waals surface area contributed by atoms with Crippen molar-refractivity contribution in [1.82, 2.24) is 0 Å². The Morgan fingerprint density at radius 3 is 3.56 bits per heavy atom. The highest BCUT2D eigenvalue weighted by Crippen LogP contribution is 2.25. The molecular weight excluding hydrogens is 134 g/mol. The predicted octanol–water partition coefficient (Wildman–Crippen LogP) is 1.05. The van der Waals surface area contributed by atoms with Gasteiger partial charge in [-0.05, 0) is 0 Å². The van der Waals surface area contributed by atoms with Gasteiger partial charge < -0.3 is 4.74 Å². The van der Waals surface area contributed by atoms with Gasteiger partial charge in [-0.3, -0.25) is 4.99 Å². The minimum Gasteiger partial charge on any atom is -0.494 e. The van der Waals surface area contributed by atoms with Crippen molar-refractivity contribution in [3.05, 3.63) is 11.2 Å². The van der Waals surface area contributed by atoms with Crippen LogP contribution < -0.4 is 0 Å². The van der Waals surface area contributed by atoms with E-state index in [-0.39, 0.29) is 0 Å². The van der Waals surface area contributed by atoms with Crippen molar-refractivity contribution in [3.63, 3.8) is 0 Å². The summed E-state index contributed by atoms with van der Waals surface area (Å²) in [5.41, 5.74) is 1.14. The van der Waals surface area contributed by atoms with Crippen LogP contribution in [0.15, 0.2) is 16.2 Å². The Kier molecular flexibility index (Phi) is 1.23. The van der Waals surface area contributed by atoms with Gasteiger partial charge in [0.1, 0.15) is 6.61 Å². The molecule has 2 nitrogen and oxygen atoms in total. The molecule has 2 rings (SSSR count). The molecule has 0 saturated heterocycles. The van der Waals surface area contributed by atoms with Crippen LogP contribution in [0.4, 0.5) is 0 Å². The third-order valence-corrected chi connectivity index (χ3v) is 2.38. The van der Waals surface area contributed by atoms with Crippen molar-refractivity contribution >= 4 is 17.5 Å². The molecule has 2 aliphatic rings. The minimum atomic E-state index is 0.697. The van der Waals surface area contributed by atoms with E-state index in [2.05, 4.69) is 4.99 Å². The highest BCUT2D eigenvalue weighted by Gasteiger charge is 2.17. The van der Waals surface area contributed by atoms with Crippen LogP contribution in [0.1, 0.15) is 0 Å². The standard InChI is InChI=1S/C6H7NOS/c1-2-9-6-4-8-3-5(6)7-1/h4H,1-3H2. The molecule has 0 spiro atoms. The summed E-state index contributed by atoms with van der Waals surface area (Å²) in [4.78, 5) is 5.53. The molecule has 0 unspecified atom stereocenters. The van der Waals surface area contributed by atoms with Gasteiger partial charge in [0.05, 0.1) is 16.9 Å². The maximum atomic E-state index is 5.08. The number of rotatable bonds is 0. The first-order chi connectivity index (χ1) is 4.47. The first kappa shape index (κ1) is 5.35. The van der Waals surface area contributed by atoms with Crippen molar-refractivity contribution in [2.75, 3.05) is 18.9 Å². The molecule has 0 aliphatic carbocycles. The van der Waals surface area contributed by atoms with Gasteiger partial charge in [0, 0.05) is 12.3 Å². The van der Waals surface area contributed by atoms with Crippen molar-refractivity contribution < 1.29 is 4.74 Å². The lowest BCUT2D eigenvalue weighted by Crippen LogP contribution is -2.07. The van der Waals surface area contributed by atoms with Crippen LogP contribution in [0.2, 0.25) is 0 Å². The summed E-state index contributed by atoms with van der Waals surface area (Å²) in [6.45, 7) is 1.66. The second-order valence-corrected chi connectivity index (χ2v) is 3.11. The molecule has 0 N–H and O–H groups in total. The SMILES string of the molecule is C1=C2SCCN=C2CO1. The summed E-state index contributed by atoms with van der Waals surface area (Å²) in [7, 11) is 0. The van der Waals surface area contributed by atoms with E-state index in [9.17, 15) is 0 Å². The Bertz CT molecular complexity index is 185. The first-order valence-electron chi connectivity index (χ1n) is 2.95. The van der Waals surface area contributed by atoms with Gasteiger partial charge in [-0.2, -0.15) is 0 Å². The van der Waals surface area contributed by atoms with Gasteiger partial charge in [-0.25, -0.2) is 0 Å². The van der Waals surface area contributed by atoms with Crippen molar-refractivity contribution in [2.45, 2.75) is 0 Å². The van der Waals surface area contributed by atoms with E-state index in [0.717, 1.165) is 18.0 Å². The number of fused-ring (bicyclic) bond motifs is 1. The Balaban J connectivity index is 2.30. The van der Waals surface area contributed by atoms with Crippen molar-refractivity contribution in [3.8, 4) is 0 Å². The Hall–Kier alpha value is -0.440.